The minimum atomic E-state index is -0.415. The fraction of sp³-hybridized carbons (Fsp3) is 0.125. The molecule has 0 aliphatic heterocycles. The molecule has 0 fully saturated rings. The molecule has 3 aromatic rings. The Labute approximate surface area is 131 Å². The molecule has 1 aromatic carbocycles. The Kier molecular flexibility index (Phi) is 3.53. The average Bonchev–Trinajstić information content (AvgIpc) is 2.91. The topological polar surface area (TPSA) is 96.3 Å². The monoisotopic (exact) mass is 310 g/mol. The number of amides is 1. The maximum Gasteiger partial charge on any atom is 0.272 e. The van der Waals surface area contributed by atoms with Gasteiger partial charge in [-0.3, -0.25) is 19.5 Å². The van der Waals surface area contributed by atoms with Crippen molar-refractivity contribution in [3.8, 4) is 0 Å². The summed E-state index contributed by atoms with van der Waals surface area (Å²) in [6.45, 7) is 3.14. The van der Waals surface area contributed by atoms with Crippen LogP contribution in [0.1, 0.15) is 33.3 Å². The second kappa shape index (κ2) is 5.53. The van der Waals surface area contributed by atoms with Gasteiger partial charge in [-0.05, 0) is 26.0 Å². The minimum absolute atomic E-state index is 0.0861. The Balaban J connectivity index is 1.97. The number of benzene rings is 1. The smallest absolute Gasteiger partial charge is 0.272 e. The Hall–Kier alpha value is -3.22. The molecule has 23 heavy (non-hydrogen) atoms. The predicted octanol–water partition coefficient (Wildman–Crippen LogP) is 1.79. The second-order valence-corrected chi connectivity index (χ2v) is 5.17. The summed E-state index contributed by atoms with van der Waals surface area (Å²) >= 11 is 0. The van der Waals surface area contributed by atoms with Gasteiger partial charge in [-0.15, -0.1) is 0 Å². The fourth-order valence-electron chi connectivity index (χ4n) is 2.28. The molecule has 2 aromatic heterocycles. The molecule has 2 N–H and O–H groups in total. The van der Waals surface area contributed by atoms with Gasteiger partial charge in [0.15, 0.2) is 11.4 Å². The van der Waals surface area contributed by atoms with Crippen molar-refractivity contribution < 1.29 is 9.59 Å². The van der Waals surface area contributed by atoms with Crippen molar-refractivity contribution in [1.29, 1.82) is 0 Å². The highest BCUT2D eigenvalue weighted by Crippen LogP contribution is 2.14. The Morgan fingerprint density at radius 3 is 2.78 bits per heavy atom. The zero-order chi connectivity index (χ0) is 16.6. The lowest BCUT2D eigenvalue weighted by Crippen LogP contribution is -2.17. The lowest BCUT2D eigenvalue weighted by atomic mass is 10.1. The van der Waals surface area contributed by atoms with Crippen molar-refractivity contribution in [2.45, 2.75) is 13.8 Å². The molecule has 116 valence electrons. The van der Waals surface area contributed by atoms with E-state index in [1.807, 2.05) is 0 Å². The molecule has 7 heteroatoms. The SMILES string of the molecule is CC(=O)c1cccc(NC(=O)c2c[nH]n3c(=O)cc(C)nc23)c1. The van der Waals surface area contributed by atoms with Gasteiger partial charge in [-0.1, -0.05) is 12.1 Å². The summed E-state index contributed by atoms with van der Waals surface area (Å²) in [6.07, 6.45) is 1.42. The number of aryl methyl sites for hydroxylation is 1. The maximum absolute atomic E-state index is 12.4. The lowest BCUT2D eigenvalue weighted by molar-refractivity contribution is 0.101. The molecule has 0 radical (unpaired) electrons. The normalized spacial score (nSPS) is 10.7. The van der Waals surface area contributed by atoms with Crippen LogP contribution in [0.25, 0.3) is 5.65 Å². The molecule has 0 spiro atoms. The van der Waals surface area contributed by atoms with Gasteiger partial charge in [0.25, 0.3) is 11.5 Å². The van der Waals surface area contributed by atoms with Gasteiger partial charge in [0, 0.05) is 29.2 Å². The van der Waals surface area contributed by atoms with Crippen molar-refractivity contribution in [2.24, 2.45) is 0 Å². The third-order valence-electron chi connectivity index (χ3n) is 3.40. The number of anilines is 1. The minimum Gasteiger partial charge on any atom is -0.322 e. The highest BCUT2D eigenvalue weighted by atomic mass is 16.2. The fourth-order valence-corrected chi connectivity index (χ4v) is 2.28. The number of Topliss-reactive ketones (excluding diaryl/α,β-unsaturated/α-hetero) is 1. The molecule has 7 nitrogen and oxygen atoms in total. The molecule has 0 atom stereocenters. The summed E-state index contributed by atoms with van der Waals surface area (Å²) in [6, 6.07) is 8.02. The van der Waals surface area contributed by atoms with Crippen molar-refractivity contribution in [3.63, 3.8) is 0 Å². The molecular weight excluding hydrogens is 296 g/mol. The van der Waals surface area contributed by atoms with Crippen molar-refractivity contribution in [2.75, 3.05) is 5.32 Å². The molecule has 0 saturated heterocycles. The van der Waals surface area contributed by atoms with Gasteiger partial charge >= 0.3 is 0 Å². The van der Waals surface area contributed by atoms with E-state index in [1.54, 1.807) is 31.2 Å². The number of nitrogens with one attached hydrogen (secondary N) is 2. The van der Waals surface area contributed by atoms with E-state index in [9.17, 15) is 14.4 Å². The molecule has 0 bridgehead atoms. The zero-order valence-electron chi connectivity index (χ0n) is 12.6. The largest absolute Gasteiger partial charge is 0.322 e. The molecule has 2 heterocycles. The summed E-state index contributed by atoms with van der Waals surface area (Å²) in [5, 5.41) is 5.41. The Bertz CT molecular complexity index is 984. The van der Waals surface area contributed by atoms with Crippen LogP contribution in [-0.4, -0.2) is 26.3 Å². The first-order valence-corrected chi connectivity index (χ1v) is 6.96. The number of aromatic nitrogens is 3. The number of rotatable bonds is 3. The van der Waals surface area contributed by atoms with E-state index in [1.165, 1.54) is 23.7 Å². The summed E-state index contributed by atoms with van der Waals surface area (Å²) in [7, 11) is 0. The zero-order valence-corrected chi connectivity index (χ0v) is 12.6. The van der Waals surface area contributed by atoms with Crippen LogP contribution in [0.5, 0.6) is 0 Å². The quantitative estimate of drug-likeness (QED) is 0.721. The van der Waals surface area contributed by atoms with Crippen LogP contribution in [0.15, 0.2) is 41.3 Å². The molecule has 0 saturated carbocycles. The number of carbonyl (C=O) groups excluding carboxylic acids is 2. The van der Waals surface area contributed by atoms with Crippen LogP contribution in [0.2, 0.25) is 0 Å². The number of nitrogens with zero attached hydrogens (tertiary/aromatic N) is 2. The first-order valence-electron chi connectivity index (χ1n) is 6.96. The number of carbonyl (C=O) groups is 2. The second-order valence-electron chi connectivity index (χ2n) is 5.17. The van der Waals surface area contributed by atoms with Crippen LogP contribution in [0, 0.1) is 6.92 Å². The lowest BCUT2D eigenvalue weighted by Gasteiger charge is -2.05. The van der Waals surface area contributed by atoms with Crippen molar-refractivity contribution >= 4 is 23.0 Å². The van der Waals surface area contributed by atoms with Crippen LogP contribution in [0.4, 0.5) is 5.69 Å². The molecule has 3 rings (SSSR count). The van der Waals surface area contributed by atoms with E-state index < -0.39 is 5.91 Å². The third-order valence-corrected chi connectivity index (χ3v) is 3.40. The molecule has 0 aliphatic carbocycles. The van der Waals surface area contributed by atoms with E-state index in [4.69, 9.17) is 0 Å². The average molecular weight is 310 g/mol. The summed E-state index contributed by atoms with van der Waals surface area (Å²) < 4.78 is 1.20. The Morgan fingerprint density at radius 1 is 1.26 bits per heavy atom. The van der Waals surface area contributed by atoms with Crippen molar-refractivity contribution in [1.82, 2.24) is 14.6 Å². The molecule has 0 unspecified atom stereocenters. The summed E-state index contributed by atoms with van der Waals surface area (Å²) in [5.41, 5.74) is 1.76. The molecule has 0 aliphatic rings. The standard InChI is InChI=1S/C16H14N4O3/c1-9-6-14(22)20-15(18-9)13(8-17-20)16(23)19-12-5-3-4-11(7-12)10(2)21/h3-8,17H,1-2H3,(H,19,23). The Morgan fingerprint density at radius 2 is 2.04 bits per heavy atom. The molecule has 1 amide bonds. The van der Waals surface area contributed by atoms with Gasteiger partial charge in [0.2, 0.25) is 0 Å². The van der Waals surface area contributed by atoms with E-state index in [-0.39, 0.29) is 22.6 Å². The van der Waals surface area contributed by atoms with Gasteiger partial charge in [-0.25, -0.2) is 9.50 Å². The van der Waals surface area contributed by atoms with E-state index in [0.29, 0.717) is 16.9 Å². The van der Waals surface area contributed by atoms with Gasteiger partial charge in [0.1, 0.15) is 5.56 Å². The summed E-state index contributed by atoms with van der Waals surface area (Å²) in [4.78, 5) is 39.9. The van der Waals surface area contributed by atoms with Crippen molar-refractivity contribution in [3.05, 3.63) is 63.7 Å². The van der Waals surface area contributed by atoms with Crippen LogP contribution in [-0.2, 0) is 0 Å². The van der Waals surface area contributed by atoms with Crippen LogP contribution < -0.4 is 10.9 Å². The number of hydrogen-bond acceptors (Lipinski definition) is 4. The number of ketones is 1. The predicted molar refractivity (Wildman–Crippen MR) is 84.9 cm³/mol. The number of H-pyrrole nitrogens is 1. The number of hydrogen-bond donors (Lipinski definition) is 2. The van der Waals surface area contributed by atoms with E-state index >= 15 is 0 Å². The van der Waals surface area contributed by atoms with E-state index in [0.717, 1.165) is 0 Å². The van der Waals surface area contributed by atoms with Gasteiger partial charge < -0.3 is 5.32 Å². The maximum atomic E-state index is 12.4. The van der Waals surface area contributed by atoms with Gasteiger partial charge in [-0.2, -0.15) is 0 Å². The van der Waals surface area contributed by atoms with Gasteiger partial charge in [0.05, 0.1) is 0 Å². The molecular formula is C16H14N4O3. The summed E-state index contributed by atoms with van der Waals surface area (Å²) in [5.74, 6) is -0.501. The highest BCUT2D eigenvalue weighted by molar-refractivity contribution is 6.08. The first kappa shape index (κ1) is 14.7. The van der Waals surface area contributed by atoms with Crippen LogP contribution in [0.3, 0.4) is 0 Å². The van der Waals surface area contributed by atoms with Crippen LogP contribution >= 0.6 is 0 Å². The number of fused-ring (bicyclic) bond motifs is 1. The first-order chi connectivity index (χ1) is 11.0. The number of aromatic amines is 1. The highest BCUT2D eigenvalue weighted by Gasteiger charge is 2.15. The van der Waals surface area contributed by atoms with E-state index in [2.05, 4.69) is 15.4 Å². The third kappa shape index (κ3) is 2.76.